The lowest BCUT2D eigenvalue weighted by atomic mass is 10.3. The molecule has 0 radical (unpaired) electrons. The summed E-state index contributed by atoms with van der Waals surface area (Å²) in [4.78, 5) is 4.25. The van der Waals surface area contributed by atoms with Gasteiger partial charge < -0.3 is 4.74 Å². The average Bonchev–Trinajstić information content (AvgIpc) is 2.26. The molecule has 2 nitrogen and oxygen atoms in total. The van der Waals surface area contributed by atoms with E-state index < -0.39 is 0 Å². The molecule has 0 bridgehead atoms. The highest BCUT2D eigenvalue weighted by Crippen LogP contribution is 2.27. The zero-order valence-electron chi connectivity index (χ0n) is 8.37. The molecule has 0 aliphatic rings. The van der Waals surface area contributed by atoms with Gasteiger partial charge in [0.25, 0.3) is 0 Å². The Kier molecular flexibility index (Phi) is 5.12. The molecule has 0 aliphatic carbocycles. The molecule has 0 aliphatic heterocycles. The van der Waals surface area contributed by atoms with Gasteiger partial charge in [-0.15, -0.1) is 23.4 Å². The molecular formula is C10H14ClNOS. The van der Waals surface area contributed by atoms with Crippen molar-refractivity contribution in [2.45, 2.75) is 11.9 Å². The maximum atomic E-state index is 5.73. The van der Waals surface area contributed by atoms with Crippen molar-refractivity contribution in [2.24, 2.45) is 5.92 Å². The summed E-state index contributed by atoms with van der Waals surface area (Å²) in [6.45, 7) is 2.12. The lowest BCUT2D eigenvalue weighted by Crippen LogP contribution is -2.00. The first-order valence-corrected chi connectivity index (χ1v) is 5.97. The van der Waals surface area contributed by atoms with Gasteiger partial charge in [-0.3, -0.25) is 0 Å². The van der Waals surface area contributed by atoms with Crippen LogP contribution in [0.3, 0.4) is 0 Å². The Balaban J connectivity index is 2.57. The van der Waals surface area contributed by atoms with Gasteiger partial charge in [-0.05, 0) is 18.1 Å². The Morgan fingerprint density at radius 2 is 2.43 bits per heavy atom. The number of thioether (sulfide) groups is 1. The van der Waals surface area contributed by atoms with Crippen molar-refractivity contribution in [3.8, 4) is 5.75 Å². The Labute approximate surface area is 94.0 Å². The number of rotatable bonds is 5. The van der Waals surface area contributed by atoms with Gasteiger partial charge in [0.2, 0.25) is 0 Å². The van der Waals surface area contributed by atoms with Gasteiger partial charge in [-0.2, -0.15) is 0 Å². The maximum Gasteiger partial charge on any atom is 0.151 e. The largest absolute Gasteiger partial charge is 0.494 e. The van der Waals surface area contributed by atoms with E-state index in [4.69, 9.17) is 16.3 Å². The quantitative estimate of drug-likeness (QED) is 0.575. The zero-order valence-corrected chi connectivity index (χ0v) is 9.94. The van der Waals surface area contributed by atoms with Crippen molar-refractivity contribution in [1.29, 1.82) is 0 Å². The molecule has 1 rings (SSSR count). The van der Waals surface area contributed by atoms with E-state index in [0.29, 0.717) is 11.8 Å². The molecule has 1 atom stereocenters. The van der Waals surface area contributed by atoms with Crippen molar-refractivity contribution in [3.05, 3.63) is 18.3 Å². The van der Waals surface area contributed by atoms with Crippen molar-refractivity contribution >= 4 is 23.4 Å². The summed E-state index contributed by atoms with van der Waals surface area (Å²) >= 11 is 7.41. The summed E-state index contributed by atoms with van der Waals surface area (Å²) < 4.78 is 5.19. The van der Waals surface area contributed by atoms with Gasteiger partial charge in [0, 0.05) is 17.8 Å². The van der Waals surface area contributed by atoms with Gasteiger partial charge in [-0.25, -0.2) is 4.98 Å². The molecule has 0 fully saturated rings. The van der Waals surface area contributed by atoms with Crippen LogP contribution in [0, 0.1) is 5.92 Å². The van der Waals surface area contributed by atoms with E-state index in [1.807, 2.05) is 12.1 Å². The number of nitrogens with zero attached hydrogens (tertiary/aromatic N) is 1. The summed E-state index contributed by atoms with van der Waals surface area (Å²) in [7, 11) is 1.66. The van der Waals surface area contributed by atoms with Crippen molar-refractivity contribution < 1.29 is 4.74 Å². The van der Waals surface area contributed by atoms with Crippen LogP contribution in [0.5, 0.6) is 5.75 Å². The molecule has 1 aromatic heterocycles. The average molecular weight is 232 g/mol. The second-order valence-electron chi connectivity index (χ2n) is 3.08. The molecule has 1 unspecified atom stereocenters. The summed E-state index contributed by atoms with van der Waals surface area (Å²) in [5, 5.41) is 0.937. The third-order valence-corrected chi connectivity index (χ3v) is 3.57. The monoisotopic (exact) mass is 231 g/mol. The normalized spacial score (nSPS) is 12.5. The van der Waals surface area contributed by atoms with E-state index in [1.165, 1.54) is 0 Å². The third kappa shape index (κ3) is 3.39. The molecule has 0 N–H and O–H groups in total. The van der Waals surface area contributed by atoms with Gasteiger partial charge in [0.1, 0.15) is 5.03 Å². The zero-order chi connectivity index (χ0) is 10.4. The van der Waals surface area contributed by atoms with E-state index in [9.17, 15) is 0 Å². The predicted octanol–water partition coefficient (Wildman–Crippen LogP) is 3.06. The van der Waals surface area contributed by atoms with Gasteiger partial charge in [0.05, 0.1) is 7.11 Å². The lowest BCUT2D eigenvalue weighted by molar-refractivity contribution is 0.400. The van der Waals surface area contributed by atoms with Gasteiger partial charge in [0.15, 0.2) is 5.75 Å². The minimum atomic E-state index is 0.494. The van der Waals surface area contributed by atoms with Crippen molar-refractivity contribution in [3.63, 3.8) is 0 Å². The molecule has 0 amide bonds. The fourth-order valence-corrected chi connectivity index (χ4v) is 2.13. The van der Waals surface area contributed by atoms with Crippen molar-refractivity contribution in [1.82, 2.24) is 4.98 Å². The van der Waals surface area contributed by atoms with Gasteiger partial charge in [-0.1, -0.05) is 6.92 Å². The highest BCUT2D eigenvalue weighted by molar-refractivity contribution is 7.99. The number of alkyl halides is 1. The van der Waals surface area contributed by atoms with E-state index in [1.54, 1.807) is 25.1 Å². The van der Waals surface area contributed by atoms with Crippen molar-refractivity contribution in [2.75, 3.05) is 18.7 Å². The minimum Gasteiger partial charge on any atom is -0.494 e. The van der Waals surface area contributed by atoms with Crippen LogP contribution in [0.4, 0.5) is 0 Å². The topological polar surface area (TPSA) is 22.1 Å². The molecule has 14 heavy (non-hydrogen) atoms. The van der Waals surface area contributed by atoms with Crippen LogP contribution in [0.1, 0.15) is 6.92 Å². The SMILES string of the molecule is COc1cccnc1SCC(C)CCl. The molecule has 1 heterocycles. The minimum absolute atomic E-state index is 0.494. The third-order valence-electron chi connectivity index (χ3n) is 1.72. The molecule has 0 saturated carbocycles. The number of ether oxygens (including phenoxy) is 1. The van der Waals surface area contributed by atoms with Crippen LogP contribution < -0.4 is 4.74 Å². The van der Waals surface area contributed by atoms with E-state index >= 15 is 0 Å². The summed E-state index contributed by atoms with van der Waals surface area (Å²) in [5.74, 6) is 2.98. The van der Waals surface area contributed by atoms with Crippen LogP contribution in [0.2, 0.25) is 0 Å². The number of hydrogen-bond acceptors (Lipinski definition) is 3. The highest BCUT2D eigenvalue weighted by Gasteiger charge is 2.06. The van der Waals surface area contributed by atoms with Crippen LogP contribution in [0.15, 0.2) is 23.4 Å². The maximum absolute atomic E-state index is 5.73. The predicted molar refractivity (Wildman–Crippen MR) is 61.4 cm³/mol. The van der Waals surface area contributed by atoms with E-state index in [-0.39, 0.29) is 0 Å². The van der Waals surface area contributed by atoms with Gasteiger partial charge >= 0.3 is 0 Å². The first-order chi connectivity index (χ1) is 6.77. The van der Waals surface area contributed by atoms with E-state index in [2.05, 4.69) is 11.9 Å². The first-order valence-electron chi connectivity index (χ1n) is 4.45. The number of methoxy groups -OCH3 is 1. The highest BCUT2D eigenvalue weighted by atomic mass is 35.5. The standard InChI is InChI=1S/C10H14ClNOS/c1-8(6-11)7-14-10-9(13-2)4-3-5-12-10/h3-5,8H,6-7H2,1-2H3. The number of halogens is 1. The lowest BCUT2D eigenvalue weighted by Gasteiger charge is -2.08. The Hall–Kier alpha value is -0.410. The summed E-state index contributed by atoms with van der Waals surface area (Å²) in [6.07, 6.45) is 1.77. The van der Waals surface area contributed by atoms with E-state index in [0.717, 1.165) is 16.5 Å². The molecular weight excluding hydrogens is 218 g/mol. The number of hydrogen-bond donors (Lipinski definition) is 0. The Morgan fingerprint density at radius 3 is 3.07 bits per heavy atom. The molecule has 0 spiro atoms. The second kappa shape index (κ2) is 6.14. The van der Waals surface area contributed by atoms with Crippen LogP contribution in [0.25, 0.3) is 0 Å². The first kappa shape index (κ1) is 11.7. The molecule has 1 aromatic rings. The number of aromatic nitrogens is 1. The van der Waals surface area contributed by atoms with Crippen LogP contribution >= 0.6 is 23.4 Å². The van der Waals surface area contributed by atoms with Crippen LogP contribution in [-0.2, 0) is 0 Å². The summed E-state index contributed by atoms with van der Waals surface area (Å²) in [6, 6.07) is 3.79. The fraction of sp³-hybridized carbons (Fsp3) is 0.500. The number of pyridine rings is 1. The smallest absolute Gasteiger partial charge is 0.151 e. The fourth-order valence-electron chi connectivity index (χ4n) is 0.906. The molecule has 78 valence electrons. The Morgan fingerprint density at radius 1 is 1.64 bits per heavy atom. The molecule has 0 saturated heterocycles. The Bertz CT molecular complexity index is 283. The molecule has 4 heteroatoms. The van der Waals surface area contributed by atoms with Crippen LogP contribution in [-0.4, -0.2) is 23.7 Å². The summed E-state index contributed by atoms with van der Waals surface area (Å²) in [5.41, 5.74) is 0. The second-order valence-corrected chi connectivity index (χ2v) is 4.40. The molecule has 0 aromatic carbocycles.